The molecule has 1 aromatic heterocycles. The molecule has 41 heavy (non-hydrogen) atoms. The fourth-order valence-corrected chi connectivity index (χ4v) is 5.92. The van der Waals surface area contributed by atoms with Crippen molar-refractivity contribution >= 4 is 64.1 Å². The Morgan fingerprint density at radius 1 is 1.10 bits per heavy atom. The Morgan fingerprint density at radius 3 is 2.56 bits per heavy atom. The van der Waals surface area contributed by atoms with Gasteiger partial charge in [0.1, 0.15) is 0 Å². The van der Waals surface area contributed by atoms with Crippen LogP contribution in [-0.4, -0.2) is 22.8 Å². The first-order valence-electron chi connectivity index (χ1n) is 12.3. The van der Waals surface area contributed by atoms with Gasteiger partial charge >= 0.3 is 0 Å². The highest BCUT2D eigenvalue weighted by Crippen LogP contribution is 2.47. The first-order valence-corrected chi connectivity index (χ1v) is 13.1. The second kappa shape index (κ2) is 11.9. The summed E-state index contributed by atoms with van der Waals surface area (Å²) in [5.41, 5.74) is 5.76. The summed E-state index contributed by atoms with van der Waals surface area (Å²) in [7, 11) is 1.93. The molecular weight excluding hydrogens is 568 g/mol. The van der Waals surface area contributed by atoms with Gasteiger partial charge in [0.2, 0.25) is 11.4 Å². The molecule has 1 aliphatic rings. The number of para-hydroxylation sites is 1. The van der Waals surface area contributed by atoms with Crippen LogP contribution in [0.1, 0.15) is 29.5 Å². The van der Waals surface area contributed by atoms with E-state index in [4.69, 9.17) is 5.84 Å². The van der Waals surface area contributed by atoms with Gasteiger partial charge in [-0.05, 0) is 30.7 Å². The van der Waals surface area contributed by atoms with Gasteiger partial charge < -0.3 is 4.90 Å². The molecule has 2 heterocycles. The van der Waals surface area contributed by atoms with Crippen LogP contribution in [0.3, 0.4) is 0 Å². The van der Waals surface area contributed by atoms with Crippen LogP contribution < -0.4 is 20.7 Å². The number of rotatable bonds is 7. The zero-order valence-corrected chi connectivity index (χ0v) is 23.6. The molecule has 0 bridgehead atoms. The van der Waals surface area contributed by atoms with Crippen LogP contribution in [0.5, 0.6) is 0 Å². The van der Waals surface area contributed by atoms with Crippen molar-refractivity contribution in [1.82, 2.24) is 5.43 Å². The molecule has 1 aliphatic heterocycles. The number of halogens is 1. The number of nitrogens with one attached hydrogen (secondary N) is 1. The Bertz CT molecular complexity index is 1730. The zero-order valence-electron chi connectivity index (χ0n) is 22.0. The smallest absolute Gasteiger partial charge is 0.273 e. The summed E-state index contributed by atoms with van der Waals surface area (Å²) < 4.78 is 2.01. The third-order valence-corrected chi connectivity index (χ3v) is 8.09. The van der Waals surface area contributed by atoms with E-state index in [1.54, 1.807) is 31.2 Å². The van der Waals surface area contributed by atoms with Crippen LogP contribution in [0, 0.1) is 20.2 Å². The summed E-state index contributed by atoms with van der Waals surface area (Å²) in [5.74, 6) is 3.95. The van der Waals surface area contributed by atoms with E-state index in [9.17, 15) is 25.0 Å². The van der Waals surface area contributed by atoms with Crippen molar-refractivity contribution in [2.45, 2.75) is 24.3 Å². The van der Waals surface area contributed by atoms with Crippen molar-refractivity contribution in [3.8, 4) is 0 Å². The number of fused-ring (bicyclic) bond motifs is 2. The van der Waals surface area contributed by atoms with Gasteiger partial charge in [0, 0.05) is 53.4 Å². The van der Waals surface area contributed by atoms with Crippen molar-refractivity contribution in [3.63, 3.8) is 0 Å². The highest BCUT2D eigenvalue weighted by Gasteiger charge is 2.27. The fraction of sp³-hybridized carbons (Fsp3) is 0.143. The number of hydrogen-bond donors (Lipinski definition) is 2. The van der Waals surface area contributed by atoms with Crippen LogP contribution in [-0.2, 0) is 11.3 Å². The first kappa shape index (κ1) is 29.5. The summed E-state index contributed by atoms with van der Waals surface area (Å²) in [6, 6.07) is 19.6. The van der Waals surface area contributed by atoms with Gasteiger partial charge in [0.05, 0.1) is 31.9 Å². The van der Waals surface area contributed by atoms with Gasteiger partial charge in [-0.25, -0.2) is 5.84 Å². The second-order valence-corrected chi connectivity index (χ2v) is 10.4. The number of non-ortho nitro benzene ring substituents is 1. The van der Waals surface area contributed by atoms with E-state index in [0.29, 0.717) is 12.1 Å². The summed E-state index contributed by atoms with van der Waals surface area (Å²) in [6.45, 7) is 1.94. The monoisotopic (exact) mass is 593 g/mol. The van der Waals surface area contributed by atoms with Gasteiger partial charge in [-0.2, -0.15) is 4.57 Å². The first-order chi connectivity index (χ1) is 19.2. The lowest BCUT2D eigenvalue weighted by Crippen LogP contribution is -2.35. The lowest BCUT2D eigenvalue weighted by atomic mass is 9.97. The summed E-state index contributed by atoms with van der Waals surface area (Å²) >= 11 is 1.47. The molecule has 0 saturated carbocycles. The van der Waals surface area contributed by atoms with Crippen LogP contribution in [0.4, 0.5) is 17.1 Å². The molecular formula is C28H26ClN6O5S+. The molecule has 1 atom stereocenters. The zero-order chi connectivity index (χ0) is 28.6. The van der Waals surface area contributed by atoms with Crippen molar-refractivity contribution in [3.05, 3.63) is 115 Å². The van der Waals surface area contributed by atoms with E-state index < -0.39 is 21.7 Å². The molecule has 5 rings (SSSR count). The molecule has 0 saturated heterocycles. The maximum Gasteiger partial charge on any atom is 0.273 e. The maximum absolute atomic E-state index is 12.0. The number of amides is 1. The summed E-state index contributed by atoms with van der Waals surface area (Å²) in [5, 5.41) is 24.9. The van der Waals surface area contributed by atoms with E-state index in [1.165, 1.54) is 23.9 Å². The normalized spacial score (nSPS) is 13.9. The number of carbonyl (C=O) groups excluding carboxylic acids is 1. The Kier molecular flexibility index (Phi) is 8.57. The molecule has 11 nitrogen and oxygen atoms in total. The number of nitrogens with zero attached hydrogens (tertiary/aromatic N) is 4. The minimum absolute atomic E-state index is 0. The largest absolute Gasteiger partial charge is 0.338 e. The SMILES string of the molecule is CC(C(=O)NN)c1ccc(C[n+]2ccc(/C=C3\Sc4cc([N+](=O)[O-])ccc4N3C)c3ccccc32)cc1[N+](=O)[O-].Cl. The highest BCUT2D eigenvalue weighted by molar-refractivity contribution is 8.03. The molecule has 0 aliphatic carbocycles. The van der Waals surface area contributed by atoms with Crippen LogP contribution in [0.15, 0.2) is 82.9 Å². The number of thioether (sulfide) groups is 1. The molecule has 1 amide bonds. The molecule has 0 radical (unpaired) electrons. The number of nitrogens with two attached hydrogens (primary N) is 1. The van der Waals surface area contributed by atoms with Gasteiger partial charge in [-0.1, -0.05) is 36.0 Å². The summed E-state index contributed by atoms with van der Waals surface area (Å²) in [4.78, 5) is 37.0. The molecule has 4 aromatic rings. The standard InChI is InChI=1S/C28H24N6O5S.ClH/c1-17(28(35)30-29)21-9-7-18(13-25(21)34(38)39)16-32-12-11-19(22-5-3-4-6-23(22)32)14-27-31(2)24-10-8-20(33(36)37)15-26(24)40-27;/h3-15,17H,16,29H2,1-2H3;1H/p+1. The number of aromatic nitrogens is 1. The van der Waals surface area contributed by atoms with Crippen LogP contribution in [0.2, 0.25) is 0 Å². The quantitative estimate of drug-likeness (QED) is 0.0994. The van der Waals surface area contributed by atoms with Crippen LogP contribution >= 0.6 is 24.2 Å². The molecule has 3 aromatic carbocycles. The maximum atomic E-state index is 12.0. The van der Waals surface area contributed by atoms with Crippen molar-refractivity contribution in [1.29, 1.82) is 0 Å². The number of hydrazine groups is 1. The number of pyridine rings is 1. The van der Waals surface area contributed by atoms with Crippen molar-refractivity contribution in [2.75, 3.05) is 11.9 Å². The summed E-state index contributed by atoms with van der Waals surface area (Å²) in [6.07, 6.45) is 3.98. The second-order valence-electron chi connectivity index (χ2n) is 9.35. The Hall–Kier alpha value is -4.52. The third kappa shape index (κ3) is 5.71. The van der Waals surface area contributed by atoms with E-state index in [0.717, 1.165) is 32.1 Å². The number of anilines is 1. The lowest BCUT2D eigenvalue weighted by Gasteiger charge is -2.14. The van der Waals surface area contributed by atoms with Crippen LogP contribution in [0.25, 0.3) is 17.0 Å². The number of carbonyl (C=O) groups is 1. The van der Waals surface area contributed by atoms with Gasteiger partial charge in [0.15, 0.2) is 12.7 Å². The van der Waals surface area contributed by atoms with Gasteiger partial charge in [-0.15, -0.1) is 12.4 Å². The third-order valence-electron chi connectivity index (χ3n) is 6.94. The van der Waals surface area contributed by atoms with E-state index in [-0.39, 0.29) is 29.3 Å². The van der Waals surface area contributed by atoms with E-state index in [2.05, 4.69) is 0 Å². The number of benzene rings is 3. The fourth-order valence-electron chi connectivity index (χ4n) is 4.78. The number of nitro benzene ring substituents is 2. The minimum Gasteiger partial charge on any atom is -0.338 e. The van der Waals surface area contributed by atoms with E-state index in [1.807, 2.05) is 64.5 Å². The predicted molar refractivity (Wildman–Crippen MR) is 160 cm³/mol. The topological polar surface area (TPSA) is 149 Å². The number of hydrogen-bond acceptors (Lipinski definition) is 8. The lowest BCUT2D eigenvalue weighted by molar-refractivity contribution is -0.662. The average molecular weight is 594 g/mol. The molecule has 13 heteroatoms. The van der Waals surface area contributed by atoms with Crippen molar-refractivity contribution < 1.29 is 19.2 Å². The average Bonchev–Trinajstić information content (AvgIpc) is 3.27. The molecule has 1 unspecified atom stereocenters. The Balaban J connectivity index is 0.00000387. The highest BCUT2D eigenvalue weighted by atomic mass is 35.5. The molecule has 0 fully saturated rings. The Labute approximate surface area is 245 Å². The van der Waals surface area contributed by atoms with Gasteiger partial charge in [-0.3, -0.25) is 30.4 Å². The molecule has 0 spiro atoms. The number of nitro groups is 2. The predicted octanol–water partition coefficient (Wildman–Crippen LogP) is 5.05. The Morgan fingerprint density at radius 2 is 1.85 bits per heavy atom. The van der Waals surface area contributed by atoms with Crippen molar-refractivity contribution in [2.24, 2.45) is 5.84 Å². The molecule has 210 valence electrons. The van der Waals surface area contributed by atoms with E-state index >= 15 is 0 Å². The molecule has 3 N–H and O–H groups in total. The minimum atomic E-state index is -0.774. The van der Waals surface area contributed by atoms with Gasteiger partial charge in [0.25, 0.3) is 11.4 Å².